The van der Waals surface area contributed by atoms with Crippen LogP contribution in [-0.2, 0) is 11.2 Å². The number of fused-ring (bicyclic) bond motifs is 1. The lowest BCUT2D eigenvalue weighted by Crippen LogP contribution is -2.32. The maximum absolute atomic E-state index is 11.2. The van der Waals surface area contributed by atoms with Crippen molar-refractivity contribution in [3.8, 4) is 5.75 Å². The van der Waals surface area contributed by atoms with Crippen molar-refractivity contribution in [2.45, 2.75) is 39.0 Å². The Kier molecular flexibility index (Phi) is 4.76. The van der Waals surface area contributed by atoms with Crippen molar-refractivity contribution < 1.29 is 14.3 Å². The van der Waals surface area contributed by atoms with Crippen LogP contribution in [0.5, 0.6) is 5.75 Å². The van der Waals surface area contributed by atoms with Crippen molar-refractivity contribution in [2.24, 2.45) is 5.41 Å². The third-order valence-electron chi connectivity index (χ3n) is 4.60. The highest BCUT2D eigenvalue weighted by atomic mass is 16.5. The molecule has 0 aromatic heterocycles. The highest BCUT2D eigenvalue weighted by Gasteiger charge is 2.35. The van der Waals surface area contributed by atoms with Crippen molar-refractivity contribution in [1.82, 2.24) is 5.32 Å². The van der Waals surface area contributed by atoms with Crippen LogP contribution in [0.15, 0.2) is 18.2 Å². The minimum Gasteiger partial charge on any atom is -0.497 e. The van der Waals surface area contributed by atoms with E-state index in [9.17, 15) is 4.79 Å². The number of alkyl carbamates (subject to hydrolysis) is 1. The van der Waals surface area contributed by atoms with Gasteiger partial charge in [0.25, 0.3) is 0 Å². The monoisotopic (exact) mass is 291 g/mol. The molecule has 0 fully saturated rings. The Morgan fingerprint density at radius 1 is 1.38 bits per heavy atom. The van der Waals surface area contributed by atoms with Gasteiger partial charge in [0.2, 0.25) is 0 Å². The molecular formula is C17H25NO3. The van der Waals surface area contributed by atoms with E-state index in [2.05, 4.69) is 36.0 Å². The molecule has 4 heteroatoms. The highest BCUT2D eigenvalue weighted by molar-refractivity contribution is 5.66. The van der Waals surface area contributed by atoms with Gasteiger partial charge in [0, 0.05) is 6.54 Å². The number of carbonyl (C=O) groups excluding carboxylic acids is 1. The van der Waals surface area contributed by atoms with Gasteiger partial charge in [0.15, 0.2) is 0 Å². The smallest absolute Gasteiger partial charge is 0.406 e. The molecule has 4 nitrogen and oxygen atoms in total. The summed E-state index contributed by atoms with van der Waals surface area (Å²) in [5.74, 6) is 1.31. The van der Waals surface area contributed by atoms with Crippen LogP contribution in [0.2, 0.25) is 0 Å². The second kappa shape index (κ2) is 6.37. The summed E-state index contributed by atoms with van der Waals surface area (Å²) in [4.78, 5) is 11.2. The van der Waals surface area contributed by atoms with Crippen LogP contribution >= 0.6 is 0 Å². The predicted octanol–water partition coefficient (Wildman–Crippen LogP) is 3.50. The van der Waals surface area contributed by atoms with Gasteiger partial charge in [-0.05, 0) is 53.9 Å². The van der Waals surface area contributed by atoms with Gasteiger partial charge in [-0.25, -0.2) is 4.79 Å². The number of amides is 1. The lowest BCUT2D eigenvalue weighted by atomic mass is 9.65. The number of ether oxygens (including phenoxy) is 2. The molecule has 0 bridgehead atoms. The minimum absolute atomic E-state index is 0.219. The zero-order chi connectivity index (χ0) is 15.5. The largest absolute Gasteiger partial charge is 0.497 e. The van der Waals surface area contributed by atoms with E-state index < -0.39 is 0 Å². The van der Waals surface area contributed by atoms with Gasteiger partial charge in [0.05, 0.1) is 14.2 Å². The van der Waals surface area contributed by atoms with E-state index in [1.807, 2.05) is 6.07 Å². The van der Waals surface area contributed by atoms with Gasteiger partial charge in [0.1, 0.15) is 5.75 Å². The number of hydrogen-bond donors (Lipinski definition) is 1. The topological polar surface area (TPSA) is 47.6 Å². The number of benzene rings is 1. The Labute approximate surface area is 126 Å². The molecule has 1 N–H and O–H groups in total. The van der Waals surface area contributed by atoms with Crippen molar-refractivity contribution in [1.29, 1.82) is 0 Å². The molecule has 21 heavy (non-hydrogen) atoms. The summed E-state index contributed by atoms with van der Waals surface area (Å²) in [6, 6.07) is 6.35. The first-order valence-corrected chi connectivity index (χ1v) is 7.46. The molecule has 2 rings (SSSR count). The molecule has 1 aromatic rings. The Balaban J connectivity index is 2.19. The molecule has 0 heterocycles. The van der Waals surface area contributed by atoms with E-state index in [4.69, 9.17) is 4.74 Å². The van der Waals surface area contributed by atoms with E-state index in [-0.39, 0.29) is 11.5 Å². The molecule has 0 aliphatic heterocycles. The first kappa shape index (κ1) is 15.7. The SMILES string of the molecule is COC(=O)NCCC1c2cc(OC)ccc2CCC1(C)C. The lowest BCUT2D eigenvalue weighted by Gasteiger charge is -2.40. The Hall–Kier alpha value is -1.71. The quantitative estimate of drug-likeness (QED) is 0.923. The van der Waals surface area contributed by atoms with Gasteiger partial charge in [-0.1, -0.05) is 19.9 Å². The van der Waals surface area contributed by atoms with Gasteiger partial charge in [-0.2, -0.15) is 0 Å². The van der Waals surface area contributed by atoms with Crippen molar-refractivity contribution >= 4 is 6.09 Å². The standard InChI is InChI=1S/C17H25NO3/c1-17(2)9-7-12-5-6-13(20-3)11-14(12)15(17)8-10-18-16(19)21-4/h5-6,11,15H,7-10H2,1-4H3,(H,18,19). The van der Waals surface area contributed by atoms with Crippen LogP contribution in [0, 0.1) is 5.41 Å². The number of rotatable bonds is 4. The first-order chi connectivity index (χ1) is 9.97. The number of nitrogens with one attached hydrogen (secondary N) is 1. The molecule has 0 spiro atoms. The molecule has 1 aliphatic carbocycles. The highest BCUT2D eigenvalue weighted by Crippen LogP contribution is 2.47. The summed E-state index contributed by atoms with van der Waals surface area (Å²) in [6.07, 6.45) is 2.81. The molecule has 1 unspecified atom stereocenters. The molecule has 0 saturated carbocycles. The fourth-order valence-electron chi connectivity index (χ4n) is 3.24. The summed E-state index contributed by atoms with van der Waals surface area (Å²) >= 11 is 0. The average Bonchev–Trinajstić information content (AvgIpc) is 2.48. The molecule has 1 aliphatic rings. The second-order valence-electron chi connectivity index (χ2n) is 6.31. The molecule has 0 radical (unpaired) electrons. The minimum atomic E-state index is -0.366. The summed E-state index contributed by atoms with van der Waals surface area (Å²) in [5.41, 5.74) is 2.98. The molecule has 1 atom stereocenters. The Bertz CT molecular complexity index is 511. The molecule has 116 valence electrons. The van der Waals surface area contributed by atoms with Crippen LogP contribution in [-0.4, -0.2) is 26.9 Å². The van der Waals surface area contributed by atoms with Crippen LogP contribution in [0.1, 0.15) is 43.7 Å². The Morgan fingerprint density at radius 3 is 2.81 bits per heavy atom. The van der Waals surface area contributed by atoms with Crippen LogP contribution in [0.4, 0.5) is 4.79 Å². The van der Waals surface area contributed by atoms with E-state index in [0.29, 0.717) is 12.5 Å². The molecule has 1 amide bonds. The maximum Gasteiger partial charge on any atom is 0.406 e. The molecule has 1 aromatic carbocycles. The normalized spacial score (nSPS) is 19.5. The summed E-state index contributed by atoms with van der Waals surface area (Å²) in [6.45, 7) is 5.23. The van der Waals surface area contributed by atoms with Crippen LogP contribution in [0.3, 0.4) is 0 Å². The third kappa shape index (κ3) is 3.49. The van der Waals surface area contributed by atoms with Crippen molar-refractivity contribution in [3.63, 3.8) is 0 Å². The fourth-order valence-corrected chi connectivity index (χ4v) is 3.24. The first-order valence-electron chi connectivity index (χ1n) is 7.46. The average molecular weight is 291 g/mol. The van der Waals surface area contributed by atoms with E-state index in [0.717, 1.165) is 25.0 Å². The number of carbonyl (C=O) groups is 1. The summed E-state index contributed by atoms with van der Waals surface area (Å²) in [5, 5.41) is 2.78. The molecule has 0 saturated heterocycles. The number of hydrogen-bond acceptors (Lipinski definition) is 3. The lowest BCUT2D eigenvalue weighted by molar-refractivity contribution is 0.168. The number of methoxy groups -OCH3 is 2. The number of aryl methyl sites for hydroxylation is 1. The van der Waals surface area contributed by atoms with Crippen molar-refractivity contribution in [3.05, 3.63) is 29.3 Å². The van der Waals surface area contributed by atoms with Crippen LogP contribution in [0.25, 0.3) is 0 Å². The van der Waals surface area contributed by atoms with Crippen molar-refractivity contribution in [2.75, 3.05) is 20.8 Å². The summed E-state index contributed by atoms with van der Waals surface area (Å²) < 4.78 is 9.99. The molecular weight excluding hydrogens is 266 g/mol. The Morgan fingerprint density at radius 2 is 2.14 bits per heavy atom. The van der Waals surface area contributed by atoms with Gasteiger partial charge in [-0.15, -0.1) is 0 Å². The fraction of sp³-hybridized carbons (Fsp3) is 0.588. The van der Waals surface area contributed by atoms with Crippen LogP contribution < -0.4 is 10.1 Å². The van der Waals surface area contributed by atoms with Gasteiger partial charge < -0.3 is 14.8 Å². The second-order valence-corrected chi connectivity index (χ2v) is 6.31. The van der Waals surface area contributed by atoms with Gasteiger partial charge in [-0.3, -0.25) is 0 Å². The van der Waals surface area contributed by atoms with E-state index in [1.54, 1.807) is 7.11 Å². The maximum atomic E-state index is 11.2. The van der Waals surface area contributed by atoms with E-state index in [1.165, 1.54) is 18.2 Å². The zero-order valence-corrected chi connectivity index (χ0v) is 13.4. The van der Waals surface area contributed by atoms with Gasteiger partial charge >= 0.3 is 6.09 Å². The third-order valence-corrected chi connectivity index (χ3v) is 4.60. The summed E-state index contributed by atoms with van der Waals surface area (Å²) in [7, 11) is 3.09. The zero-order valence-electron chi connectivity index (χ0n) is 13.4. The van der Waals surface area contributed by atoms with E-state index >= 15 is 0 Å². The predicted molar refractivity (Wildman–Crippen MR) is 82.9 cm³/mol.